The Labute approximate surface area is 140 Å². The van der Waals surface area contributed by atoms with Crippen LogP contribution in [0.4, 0.5) is 0 Å². The summed E-state index contributed by atoms with van der Waals surface area (Å²) in [7, 11) is 0. The average Bonchev–Trinajstić information content (AvgIpc) is 3.06. The Balaban J connectivity index is 1.52. The van der Waals surface area contributed by atoms with Gasteiger partial charge in [0.2, 0.25) is 0 Å². The number of aromatic nitrogens is 4. The summed E-state index contributed by atoms with van der Waals surface area (Å²) in [6, 6.07) is 7.56. The molecule has 1 heterocycles. The molecule has 4 rings (SSSR count). The van der Waals surface area contributed by atoms with E-state index in [1.165, 1.54) is 17.4 Å². The van der Waals surface area contributed by atoms with Crippen molar-refractivity contribution in [1.29, 1.82) is 0 Å². The maximum atomic E-state index is 12.8. The van der Waals surface area contributed by atoms with Gasteiger partial charge in [-0.3, -0.25) is 4.79 Å². The molecule has 126 valence electrons. The van der Waals surface area contributed by atoms with Gasteiger partial charge in [0.1, 0.15) is 6.33 Å². The van der Waals surface area contributed by atoms with E-state index in [0.29, 0.717) is 11.3 Å². The van der Waals surface area contributed by atoms with Crippen LogP contribution in [0.25, 0.3) is 5.69 Å². The van der Waals surface area contributed by atoms with Crippen molar-refractivity contribution >= 4 is 5.91 Å². The SMILES string of the molecule is CCO[C@@H]1C[C@@H](NC(=O)c2ccccc2-n2cnnn2)C12CCC2. The molecule has 2 aromatic rings. The van der Waals surface area contributed by atoms with Crippen LogP contribution in [-0.2, 0) is 4.74 Å². The number of nitrogens with zero attached hydrogens (tertiary/aromatic N) is 4. The van der Waals surface area contributed by atoms with Crippen LogP contribution in [0.5, 0.6) is 0 Å². The fraction of sp³-hybridized carbons (Fsp3) is 0.529. The van der Waals surface area contributed by atoms with Crippen molar-refractivity contribution in [2.45, 2.75) is 44.8 Å². The molecule has 0 aliphatic heterocycles. The third kappa shape index (κ3) is 2.31. The number of benzene rings is 1. The summed E-state index contributed by atoms with van der Waals surface area (Å²) in [5.41, 5.74) is 1.41. The van der Waals surface area contributed by atoms with E-state index in [0.717, 1.165) is 25.9 Å². The first-order chi connectivity index (χ1) is 11.7. The minimum Gasteiger partial charge on any atom is -0.378 e. The number of hydrogen-bond acceptors (Lipinski definition) is 5. The first kappa shape index (κ1) is 15.3. The number of hydrogen-bond donors (Lipinski definition) is 1. The molecule has 0 radical (unpaired) electrons. The van der Waals surface area contributed by atoms with E-state index in [9.17, 15) is 4.79 Å². The van der Waals surface area contributed by atoms with Gasteiger partial charge in [-0.2, -0.15) is 4.68 Å². The molecule has 0 unspecified atom stereocenters. The molecular formula is C17H21N5O2. The fourth-order valence-electron chi connectivity index (χ4n) is 4.01. The predicted octanol–water partition coefficient (Wildman–Crippen LogP) is 1.74. The van der Waals surface area contributed by atoms with Gasteiger partial charge in [-0.1, -0.05) is 18.6 Å². The molecule has 2 atom stereocenters. The Hall–Kier alpha value is -2.28. The van der Waals surface area contributed by atoms with Gasteiger partial charge in [-0.05, 0) is 48.7 Å². The van der Waals surface area contributed by atoms with Gasteiger partial charge in [-0.25, -0.2) is 0 Å². The van der Waals surface area contributed by atoms with Crippen LogP contribution in [0.3, 0.4) is 0 Å². The molecule has 2 fully saturated rings. The first-order valence-corrected chi connectivity index (χ1v) is 8.49. The van der Waals surface area contributed by atoms with Crippen LogP contribution in [0.2, 0.25) is 0 Å². The number of nitrogens with one attached hydrogen (secondary N) is 1. The maximum Gasteiger partial charge on any atom is 0.253 e. The van der Waals surface area contributed by atoms with Crippen molar-refractivity contribution in [3.63, 3.8) is 0 Å². The summed E-state index contributed by atoms with van der Waals surface area (Å²) in [6.07, 6.45) is 6.17. The molecule has 0 saturated heterocycles. The molecule has 24 heavy (non-hydrogen) atoms. The summed E-state index contributed by atoms with van der Waals surface area (Å²) >= 11 is 0. The van der Waals surface area contributed by atoms with E-state index in [1.54, 1.807) is 6.07 Å². The normalized spacial score (nSPS) is 24.2. The number of rotatable bonds is 5. The molecule has 2 aliphatic carbocycles. The quantitative estimate of drug-likeness (QED) is 0.904. The zero-order valence-electron chi connectivity index (χ0n) is 13.7. The van der Waals surface area contributed by atoms with E-state index < -0.39 is 0 Å². The highest BCUT2D eigenvalue weighted by atomic mass is 16.5. The second kappa shape index (κ2) is 5.98. The number of ether oxygens (including phenoxy) is 1. The van der Waals surface area contributed by atoms with Crippen molar-refractivity contribution < 1.29 is 9.53 Å². The van der Waals surface area contributed by atoms with Crippen LogP contribution >= 0.6 is 0 Å². The molecule has 1 N–H and O–H groups in total. The lowest BCUT2D eigenvalue weighted by Gasteiger charge is -2.61. The second-order valence-corrected chi connectivity index (χ2v) is 6.56. The highest BCUT2D eigenvalue weighted by Gasteiger charge is 2.59. The standard InChI is InChI=1S/C17H21N5O2/c1-2-24-15-10-14(17(15)8-5-9-17)19-16(23)12-6-3-4-7-13(12)22-11-18-20-21-22/h3-4,6-7,11,14-15H,2,5,8-10H2,1H3,(H,19,23)/t14-,15-/m1/s1. The van der Waals surface area contributed by atoms with Crippen LogP contribution in [0.15, 0.2) is 30.6 Å². The number of carbonyl (C=O) groups excluding carboxylic acids is 1. The molecular weight excluding hydrogens is 306 g/mol. The highest BCUT2D eigenvalue weighted by Crippen LogP contribution is 2.57. The molecule has 1 amide bonds. The Morgan fingerprint density at radius 2 is 2.25 bits per heavy atom. The molecule has 7 nitrogen and oxygen atoms in total. The van der Waals surface area contributed by atoms with Crippen LogP contribution in [-0.4, -0.2) is 44.9 Å². The lowest BCUT2D eigenvalue weighted by molar-refractivity contribution is -0.169. The summed E-state index contributed by atoms with van der Waals surface area (Å²) in [5, 5.41) is 14.4. The first-order valence-electron chi connectivity index (χ1n) is 8.49. The average molecular weight is 327 g/mol. The van der Waals surface area contributed by atoms with Gasteiger partial charge in [-0.15, -0.1) is 5.10 Å². The Morgan fingerprint density at radius 1 is 1.42 bits per heavy atom. The minimum atomic E-state index is -0.0766. The maximum absolute atomic E-state index is 12.8. The number of carbonyl (C=O) groups is 1. The van der Waals surface area contributed by atoms with Gasteiger partial charge >= 0.3 is 0 Å². The molecule has 1 aromatic heterocycles. The summed E-state index contributed by atoms with van der Waals surface area (Å²) < 4.78 is 7.37. The minimum absolute atomic E-state index is 0.0766. The van der Waals surface area contributed by atoms with Gasteiger partial charge in [0.05, 0.1) is 17.4 Å². The number of amides is 1. The van der Waals surface area contributed by atoms with Gasteiger partial charge < -0.3 is 10.1 Å². The third-order valence-electron chi connectivity index (χ3n) is 5.49. The largest absolute Gasteiger partial charge is 0.378 e. The summed E-state index contributed by atoms with van der Waals surface area (Å²) in [6.45, 7) is 2.76. The zero-order chi connectivity index (χ0) is 16.6. The van der Waals surface area contributed by atoms with Crippen molar-refractivity contribution in [2.24, 2.45) is 5.41 Å². The smallest absolute Gasteiger partial charge is 0.253 e. The molecule has 2 aliphatic rings. The van der Waals surface area contributed by atoms with E-state index in [2.05, 4.69) is 20.8 Å². The third-order valence-corrected chi connectivity index (χ3v) is 5.49. The molecule has 0 bridgehead atoms. The van der Waals surface area contributed by atoms with Crippen molar-refractivity contribution in [1.82, 2.24) is 25.5 Å². The topological polar surface area (TPSA) is 81.9 Å². The number of tetrazole rings is 1. The monoisotopic (exact) mass is 327 g/mol. The Bertz CT molecular complexity index is 726. The lowest BCUT2D eigenvalue weighted by Crippen LogP contribution is -2.67. The molecule has 1 aromatic carbocycles. The van der Waals surface area contributed by atoms with E-state index in [4.69, 9.17) is 4.74 Å². The fourth-order valence-corrected chi connectivity index (χ4v) is 4.01. The van der Waals surface area contributed by atoms with E-state index in [-0.39, 0.29) is 23.5 Å². The lowest BCUT2D eigenvalue weighted by atomic mass is 9.51. The molecule has 1 spiro atoms. The molecule has 2 saturated carbocycles. The second-order valence-electron chi connectivity index (χ2n) is 6.56. The van der Waals surface area contributed by atoms with Crippen molar-refractivity contribution in [2.75, 3.05) is 6.61 Å². The highest BCUT2D eigenvalue weighted by molar-refractivity contribution is 5.98. The van der Waals surface area contributed by atoms with Gasteiger partial charge in [0.25, 0.3) is 5.91 Å². The Morgan fingerprint density at radius 3 is 2.92 bits per heavy atom. The van der Waals surface area contributed by atoms with Crippen molar-refractivity contribution in [3.05, 3.63) is 36.2 Å². The van der Waals surface area contributed by atoms with Gasteiger partial charge in [0.15, 0.2) is 0 Å². The zero-order valence-corrected chi connectivity index (χ0v) is 13.7. The summed E-state index contributed by atoms with van der Waals surface area (Å²) in [4.78, 5) is 12.8. The number of para-hydroxylation sites is 1. The molecule has 7 heteroatoms. The van der Waals surface area contributed by atoms with E-state index >= 15 is 0 Å². The van der Waals surface area contributed by atoms with Crippen LogP contribution in [0.1, 0.15) is 43.0 Å². The van der Waals surface area contributed by atoms with Crippen LogP contribution in [0, 0.1) is 5.41 Å². The van der Waals surface area contributed by atoms with Crippen LogP contribution < -0.4 is 5.32 Å². The predicted molar refractivity (Wildman–Crippen MR) is 86.7 cm³/mol. The van der Waals surface area contributed by atoms with E-state index in [1.807, 2.05) is 25.1 Å². The van der Waals surface area contributed by atoms with Gasteiger partial charge in [0, 0.05) is 18.1 Å². The Kier molecular flexibility index (Phi) is 3.80. The summed E-state index contributed by atoms with van der Waals surface area (Å²) in [5.74, 6) is -0.0766. The van der Waals surface area contributed by atoms with Crippen molar-refractivity contribution in [3.8, 4) is 5.69 Å².